The first kappa shape index (κ1) is 28.1. The fraction of sp³-hybridized carbons (Fsp3) is 0.0857. The smallest absolute Gasteiger partial charge is 0.296 e. The standard InChI is InChI=1S/C30H20N.C5H5NO3S.Ir/c1-30(2)25-15-6-5-11-20(25)22-13-7-14-23(29(22)30)27-17-24-19-10-4-3-9-18(19)21-12-8-16-26(31-27)28(21)24;7-10(8,9)5-3-1-2-4-6-5;/h3-13,15-17H,1-2H3;1-4H,(H,7,8,9);/q-1;;. The average molecular weight is 746 g/mol. The van der Waals surface area contributed by atoms with E-state index in [0.717, 1.165) is 16.8 Å². The Morgan fingerprint density at radius 2 is 1.40 bits per heavy atom. The van der Waals surface area contributed by atoms with Crippen LogP contribution in [0.1, 0.15) is 25.0 Å². The second-order valence-corrected chi connectivity index (χ2v) is 12.1. The van der Waals surface area contributed by atoms with Crippen LogP contribution in [0.15, 0.2) is 114 Å². The number of aromatic nitrogens is 2. The molecule has 0 aliphatic heterocycles. The van der Waals surface area contributed by atoms with E-state index in [2.05, 4.69) is 110 Å². The maximum atomic E-state index is 10.3. The van der Waals surface area contributed by atoms with Gasteiger partial charge in [0, 0.05) is 31.7 Å². The first-order valence-corrected chi connectivity index (χ1v) is 14.8. The summed E-state index contributed by atoms with van der Waals surface area (Å²) < 4.78 is 29.1. The molecule has 0 spiro atoms. The van der Waals surface area contributed by atoms with E-state index in [-0.39, 0.29) is 30.5 Å². The molecule has 2 aliphatic carbocycles. The van der Waals surface area contributed by atoms with Crippen LogP contribution in [0.2, 0.25) is 0 Å². The molecule has 1 N–H and O–H groups in total. The molecule has 0 fully saturated rings. The van der Waals surface area contributed by atoms with Crippen LogP contribution >= 0.6 is 0 Å². The van der Waals surface area contributed by atoms with Crippen molar-refractivity contribution in [3.05, 3.63) is 127 Å². The predicted molar refractivity (Wildman–Crippen MR) is 162 cm³/mol. The summed E-state index contributed by atoms with van der Waals surface area (Å²) in [6.07, 6.45) is 1.29. The Hall–Kier alpha value is -4.00. The summed E-state index contributed by atoms with van der Waals surface area (Å²) in [5.41, 5.74) is 13.6. The second-order valence-electron chi connectivity index (χ2n) is 10.8. The Labute approximate surface area is 258 Å². The average Bonchev–Trinajstić information content (AvgIpc) is 3.44. The summed E-state index contributed by atoms with van der Waals surface area (Å²) in [5, 5.41) is 0.942. The Morgan fingerprint density at radius 1 is 0.738 bits per heavy atom. The van der Waals surface area contributed by atoms with Crippen molar-refractivity contribution in [2.75, 3.05) is 0 Å². The zero-order chi connectivity index (χ0) is 28.4. The van der Waals surface area contributed by atoms with Crippen LogP contribution in [0.3, 0.4) is 0 Å². The van der Waals surface area contributed by atoms with Gasteiger partial charge < -0.3 is 0 Å². The molecule has 0 atom stereocenters. The molecule has 6 aromatic rings. The monoisotopic (exact) mass is 746 g/mol. The van der Waals surface area contributed by atoms with Gasteiger partial charge in [-0.2, -0.15) is 8.42 Å². The summed E-state index contributed by atoms with van der Waals surface area (Å²) in [6.45, 7) is 4.64. The van der Waals surface area contributed by atoms with Crippen LogP contribution in [0.5, 0.6) is 0 Å². The van der Waals surface area contributed by atoms with Crippen LogP contribution in [-0.4, -0.2) is 22.9 Å². The minimum Gasteiger partial charge on any atom is -0.296 e. The van der Waals surface area contributed by atoms with E-state index in [1.807, 2.05) is 0 Å². The third kappa shape index (κ3) is 4.41. The van der Waals surface area contributed by atoms with E-state index in [9.17, 15) is 8.42 Å². The van der Waals surface area contributed by atoms with E-state index < -0.39 is 10.1 Å². The Kier molecular flexibility index (Phi) is 6.95. The van der Waals surface area contributed by atoms with Crippen molar-refractivity contribution in [2.45, 2.75) is 24.3 Å². The molecule has 0 saturated carbocycles. The van der Waals surface area contributed by atoms with Gasteiger partial charge in [0.2, 0.25) is 0 Å². The third-order valence-corrected chi connectivity index (χ3v) is 8.78. The van der Waals surface area contributed by atoms with E-state index in [0.29, 0.717) is 0 Å². The first-order valence-electron chi connectivity index (χ1n) is 13.3. The first-order chi connectivity index (χ1) is 19.7. The van der Waals surface area contributed by atoms with Crippen molar-refractivity contribution in [3.8, 4) is 44.6 Å². The van der Waals surface area contributed by atoms with Crippen LogP contribution in [0.25, 0.3) is 55.5 Å². The number of pyridine rings is 2. The molecule has 2 aliphatic rings. The van der Waals surface area contributed by atoms with Gasteiger partial charge in [0.05, 0.1) is 5.52 Å². The molecule has 5 nitrogen and oxygen atoms in total. The van der Waals surface area contributed by atoms with Crippen molar-refractivity contribution >= 4 is 21.0 Å². The van der Waals surface area contributed by atoms with Crippen LogP contribution < -0.4 is 0 Å². The molecular weight excluding hydrogens is 721 g/mol. The van der Waals surface area contributed by atoms with Gasteiger partial charge >= 0.3 is 10.1 Å². The van der Waals surface area contributed by atoms with E-state index >= 15 is 0 Å². The molecule has 0 amide bonds. The molecule has 2 heterocycles. The van der Waals surface area contributed by atoms with Crippen molar-refractivity contribution in [1.82, 2.24) is 9.97 Å². The van der Waals surface area contributed by atoms with Gasteiger partial charge in [-0.3, -0.25) is 9.54 Å². The molecular formula is C35H25IrN2O3S-. The fourth-order valence-electron chi connectivity index (χ4n) is 6.28. The summed E-state index contributed by atoms with van der Waals surface area (Å²) in [7, 11) is -4.11. The second kappa shape index (κ2) is 10.4. The molecule has 0 bridgehead atoms. The van der Waals surface area contributed by atoms with Gasteiger partial charge in [0.25, 0.3) is 0 Å². The SMILES string of the molecule is CC1(C)c2ccccc2-c2cc[c-]c(-c3cc4c5c(cccc5n3)-c3ccccc3-4)c21.O=S(=O)(O)c1ccccn1.[Ir]. The zero-order valence-corrected chi connectivity index (χ0v) is 26.0. The van der Waals surface area contributed by atoms with Crippen LogP contribution in [0.4, 0.5) is 0 Å². The number of benzene rings is 4. The fourth-order valence-corrected chi connectivity index (χ4v) is 6.72. The van der Waals surface area contributed by atoms with Crippen LogP contribution in [0, 0.1) is 6.07 Å². The van der Waals surface area contributed by atoms with Gasteiger partial charge in [-0.05, 0) is 62.7 Å². The van der Waals surface area contributed by atoms with Crippen molar-refractivity contribution < 1.29 is 33.1 Å². The third-order valence-electron chi connectivity index (χ3n) is 8.01. The number of hydrogen-bond acceptors (Lipinski definition) is 4. The van der Waals surface area contributed by atoms with Gasteiger partial charge in [-0.15, -0.1) is 29.3 Å². The summed E-state index contributed by atoms with van der Waals surface area (Å²) >= 11 is 0. The van der Waals surface area contributed by atoms with Gasteiger partial charge in [-0.1, -0.05) is 92.2 Å². The molecule has 7 heteroatoms. The van der Waals surface area contributed by atoms with Gasteiger partial charge in [-0.25, -0.2) is 4.98 Å². The van der Waals surface area contributed by atoms with Gasteiger partial charge in [0.1, 0.15) is 0 Å². The van der Waals surface area contributed by atoms with E-state index in [1.54, 1.807) is 6.07 Å². The Morgan fingerprint density at radius 3 is 2.10 bits per heavy atom. The summed E-state index contributed by atoms with van der Waals surface area (Å²) in [6, 6.07) is 38.3. The molecule has 1 radical (unpaired) electrons. The number of rotatable bonds is 2. The van der Waals surface area contributed by atoms with Crippen LogP contribution in [-0.2, 0) is 35.6 Å². The topological polar surface area (TPSA) is 80.2 Å². The zero-order valence-electron chi connectivity index (χ0n) is 22.8. The van der Waals surface area contributed by atoms with Crippen molar-refractivity contribution in [3.63, 3.8) is 0 Å². The normalized spacial score (nSPS) is 13.3. The summed E-state index contributed by atoms with van der Waals surface area (Å²) in [5.74, 6) is 0. The van der Waals surface area contributed by atoms with E-state index in [1.165, 1.54) is 68.2 Å². The number of fused-ring (bicyclic) bond motifs is 6. The largest absolute Gasteiger partial charge is 0.312 e. The molecule has 209 valence electrons. The molecule has 8 rings (SSSR count). The molecule has 4 aromatic carbocycles. The maximum Gasteiger partial charge on any atom is 0.312 e. The predicted octanol–water partition coefficient (Wildman–Crippen LogP) is 7.98. The van der Waals surface area contributed by atoms with Gasteiger partial charge in [0.15, 0.2) is 5.03 Å². The Balaban J connectivity index is 0.000000247. The Bertz CT molecular complexity index is 2110. The molecule has 42 heavy (non-hydrogen) atoms. The van der Waals surface area contributed by atoms with E-state index in [4.69, 9.17) is 9.54 Å². The maximum absolute atomic E-state index is 10.3. The molecule has 0 saturated heterocycles. The minimum atomic E-state index is -4.11. The number of hydrogen-bond donors (Lipinski definition) is 1. The molecule has 0 unspecified atom stereocenters. The van der Waals surface area contributed by atoms with Crippen molar-refractivity contribution in [1.29, 1.82) is 0 Å². The minimum absolute atomic E-state index is 0. The molecule has 2 aromatic heterocycles. The van der Waals surface area contributed by atoms with Crippen molar-refractivity contribution in [2.24, 2.45) is 0 Å². The number of nitrogens with zero attached hydrogens (tertiary/aromatic N) is 2. The summed E-state index contributed by atoms with van der Waals surface area (Å²) in [4.78, 5) is 8.58. The quantitative estimate of drug-likeness (QED) is 0.144.